The molecular weight excluding hydrogens is 260 g/mol. The van der Waals surface area contributed by atoms with E-state index in [0.29, 0.717) is 18.1 Å². The predicted molar refractivity (Wildman–Crippen MR) is 73.4 cm³/mol. The second kappa shape index (κ2) is 6.76. The Bertz CT molecular complexity index is 465. The maximum absolute atomic E-state index is 11.9. The van der Waals surface area contributed by atoms with Crippen LogP contribution in [0.1, 0.15) is 56.0 Å². The molecule has 20 heavy (non-hydrogen) atoms. The summed E-state index contributed by atoms with van der Waals surface area (Å²) in [5, 5.41) is 0. The first-order chi connectivity index (χ1) is 9.33. The third-order valence-electron chi connectivity index (χ3n) is 2.57. The van der Waals surface area contributed by atoms with Crippen molar-refractivity contribution in [2.75, 3.05) is 20.8 Å². The molecule has 0 fully saturated rings. The van der Waals surface area contributed by atoms with Crippen LogP contribution in [-0.4, -0.2) is 36.8 Å². The second-order valence-electron chi connectivity index (χ2n) is 5.28. The fourth-order valence-electron chi connectivity index (χ4n) is 1.57. The van der Waals surface area contributed by atoms with Crippen molar-refractivity contribution in [2.45, 2.75) is 39.4 Å². The highest BCUT2D eigenvalue weighted by Crippen LogP contribution is 2.23. The summed E-state index contributed by atoms with van der Waals surface area (Å²) in [5.41, 5.74) is 0.405. The van der Waals surface area contributed by atoms with Crippen LogP contribution >= 0.6 is 0 Å². The summed E-state index contributed by atoms with van der Waals surface area (Å²) in [4.78, 5) is 20.6. The smallest absolute Gasteiger partial charge is 0.357 e. The van der Waals surface area contributed by atoms with Gasteiger partial charge in [-0.05, 0) is 13.0 Å². The highest BCUT2D eigenvalue weighted by molar-refractivity contribution is 5.87. The van der Waals surface area contributed by atoms with Crippen LogP contribution in [0, 0.1) is 0 Å². The Morgan fingerprint density at radius 2 is 1.85 bits per heavy atom. The van der Waals surface area contributed by atoms with E-state index < -0.39 is 12.3 Å². The molecule has 0 spiro atoms. The first-order valence-corrected chi connectivity index (χ1v) is 6.45. The van der Waals surface area contributed by atoms with Gasteiger partial charge < -0.3 is 14.2 Å². The van der Waals surface area contributed by atoms with Crippen molar-refractivity contribution in [1.82, 2.24) is 9.97 Å². The van der Waals surface area contributed by atoms with E-state index in [1.165, 1.54) is 20.3 Å². The molecule has 0 atom stereocenters. The molecule has 0 unspecified atom stereocenters. The largest absolute Gasteiger partial charge is 0.461 e. The molecule has 6 nitrogen and oxygen atoms in total. The van der Waals surface area contributed by atoms with Crippen molar-refractivity contribution in [3.8, 4) is 0 Å². The first kappa shape index (κ1) is 16.5. The number of hydrogen-bond donors (Lipinski definition) is 0. The number of rotatable bonds is 5. The van der Waals surface area contributed by atoms with Crippen molar-refractivity contribution in [3.05, 3.63) is 23.3 Å². The average Bonchev–Trinajstić information content (AvgIpc) is 2.39. The minimum absolute atomic E-state index is 0.209. The van der Waals surface area contributed by atoms with Crippen LogP contribution in [-0.2, 0) is 19.6 Å². The predicted octanol–water partition coefficient (Wildman–Crippen LogP) is 2.24. The van der Waals surface area contributed by atoms with Gasteiger partial charge in [-0.1, -0.05) is 20.8 Å². The van der Waals surface area contributed by atoms with E-state index in [0.717, 1.165) is 0 Å². The van der Waals surface area contributed by atoms with Gasteiger partial charge in [-0.15, -0.1) is 0 Å². The Hall–Kier alpha value is -1.53. The molecule has 0 amide bonds. The molecule has 1 rings (SSSR count). The summed E-state index contributed by atoms with van der Waals surface area (Å²) in [6, 6.07) is 1.53. The molecule has 0 aliphatic carbocycles. The monoisotopic (exact) mass is 282 g/mol. The van der Waals surface area contributed by atoms with E-state index in [2.05, 4.69) is 9.97 Å². The summed E-state index contributed by atoms with van der Waals surface area (Å²) in [6.07, 6.45) is -0.646. The van der Waals surface area contributed by atoms with E-state index >= 15 is 0 Å². The molecule has 0 N–H and O–H groups in total. The number of carbonyl (C=O) groups excluding carboxylic acids is 1. The molecule has 0 radical (unpaired) electrons. The average molecular weight is 282 g/mol. The van der Waals surface area contributed by atoms with Gasteiger partial charge in [0.25, 0.3) is 0 Å². The van der Waals surface area contributed by atoms with E-state index in [4.69, 9.17) is 14.2 Å². The van der Waals surface area contributed by atoms with E-state index in [9.17, 15) is 4.79 Å². The number of ether oxygens (including phenoxy) is 3. The zero-order valence-corrected chi connectivity index (χ0v) is 12.9. The number of aromatic nitrogens is 2. The lowest BCUT2D eigenvalue weighted by Gasteiger charge is -2.20. The molecule has 1 aromatic heterocycles. The third-order valence-corrected chi connectivity index (χ3v) is 2.57. The molecule has 1 aromatic rings. The Morgan fingerprint density at radius 3 is 2.30 bits per heavy atom. The van der Waals surface area contributed by atoms with Crippen LogP contribution in [0.25, 0.3) is 0 Å². The third kappa shape index (κ3) is 3.98. The van der Waals surface area contributed by atoms with Crippen LogP contribution in [0.15, 0.2) is 6.07 Å². The van der Waals surface area contributed by atoms with Crippen molar-refractivity contribution in [3.63, 3.8) is 0 Å². The molecule has 0 aliphatic rings. The summed E-state index contributed by atoms with van der Waals surface area (Å²) < 4.78 is 15.4. The SMILES string of the molecule is CCOC(=O)c1cc(C(OC)OC)nc(C(C)(C)C)n1. The van der Waals surface area contributed by atoms with Crippen LogP contribution in [0.4, 0.5) is 0 Å². The van der Waals surface area contributed by atoms with Crippen molar-refractivity contribution < 1.29 is 19.0 Å². The van der Waals surface area contributed by atoms with Gasteiger partial charge in [0.05, 0.1) is 6.61 Å². The molecule has 0 saturated heterocycles. The zero-order valence-electron chi connectivity index (χ0n) is 12.9. The highest BCUT2D eigenvalue weighted by Gasteiger charge is 2.24. The highest BCUT2D eigenvalue weighted by atomic mass is 16.7. The first-order valence-electron chi connectivity index (χ1n) is 6.45. The standard InChI is InChI=1S/C14H22N2O4/c1-7-20-11(17)9-8-10(12(18-5)19-6)16-13(15-9)14(2,3)4/h8,12H,7H2,1-6H3. The second-order valence-corrected chi connectivity index (χ2v) is 5.28. The zero-order chi connectivity index (χ0) is 15.3. The molecular formula is C14H22N2O4. The summed E-state index contributed by atoms with van der Waals surface area (Å²) in [6.45, 7) is 7.94. The molecule has 6 heteroatoms. The topological polar surface area (TPSA) is 70.5 Å². The van der Waals surface area contributed by atoms with Gasteiger partial charge in [-0.2, -0.15) is 0 Å². The number of hydrogen-bond acceptors (Lipinski definition) is 6. The van der Waals surface area contributed by atoms with Gasteiger partial charge >= 0.3 is 5.97 Å². The molecule has 1 heterocycles. The van der Waals surface area contributed by atoms with Crippen LogP contribution in [0.5, 0.6) is 0 Å². The van der Waals surface area contributed by atoms with Gasteiger partial charge in [0.1, 0.15) is 11.5 Å². The van der Waals surface area contributed by atoms with Gasteiger partial charge in [0.15, 0.2) is 5.69 Å². The van der Waals surface area contributed by atoms with Crippen molar-refractivity contribution in [1.29, 1.82) is 0 Å². The Balaban J connectivity index is 3.31. The summed E-state index contributed by atoms with van der Waals surface area (Å²) >= 11 is 0. The van der Waals surface area contributed by atoms with Gasteiger partial charge in [-0.25, -0.2) is 14.8 Å². The minimum Gasteiger partial charge on any atom is -0.461 e. The molecule has 0 bridgehead atoms. The molecule has 112 valence electrons. The van der Waals surface area contributed by atoms with E-state index in [-0.39, 0.29) is 11.1 Å². The lowest BCUT2D eigenvalue weighted by Crippen LogP contribution is -2.22. The molecule has 0 saturated carbocycles. The summed E-state index contributed by atoms with van der Waals surface area (Å²) in [7, 11) is 3.02. The van der Waals surface area contributed by atoms with Crippen LogP contribution < -0.4 is 0 Å². The van der Waals surface area contributed by atoms with E-state index in [1.807, 2.05) is 20.8 Å². The lowest BCUT2D eigenvalue weighted by molar-refractivity contribution is -0.108. The van der Waals surface area contributed by atoms with Gasteiger partial charge in [0, 0.05) is 19.6 Å². The Morgan fingerprint density at radius 1 is 1.25 bits per heavy atom. The number of esters is 1. The normalized spacial score (nSPS) is 11.8. The lowest BCUT2D eigenvalue weighted by atomic mass is 9.95. The minimum atomic E-state index is -0.646. The van der Waals surface area contributed by atoms with Gasteiger partial charge in [-0.3, -0.25) is 0 Å². The Labute approximate surface area is 119 Å². The van der Waals surface area contributed by atoms with Crippen LogP contribution in [0.3, 0.4) is 0 Å². The molecule has 0 aliphatic heterocycles. The quantitative estimate of drug-likeness (QED) is 0.609. The number of methoxy groups -OCH3 is 2. The maximum atomic E-state index is 11.9. The fourth-order valence-corrected chi connectivity index (χ4v) is 1.57. The van der Waals surface area contributed by atoms with Crippen LogP contribution in [0.2, 0.25) is 0 Å². The van der Waals surface area contributed by atoms with Gasteiger partial charge in [0.2, 0.25) is 6.29 Å². The Kier molecular flexibility index (Phi) is 5.59. The number of nitrogens with zero attached hydrogens (tertiary/aromatic N) is 2. The fraction of sp³-hybridized carbons (Fsp3) is 0.643. The summed E-state index contributed by atoms with van der Waals surface area (Å²) in [5.74, 6) is 0.0600. The number of carbonyl (C=O) groups is 1. The molecule has 0 aromatic carbocycles. The van der Waals surface area contributed by atoms with Crippen molar-refractivity contribution in [2.24, 2.45) is 0 Å². The van der Waals surface area contributed by atoms with E-state index in [1.54, 1.807) is 6.92 Å². The van der Waals surface area contributed by atoms with Crippen molar-refractivity contribution >= 4 is 5.97 Å². The maximum Gasteiger partial charge on any atom is 0.357 e.